The second-order valence-corrected chi connectivity index (χ2v) is 8.49. The zero-order valence-corrected chi connectivity index (χ0v) is 16.4. The van der Waals surface area contributed by atoms with E-state index in [4.69, 9.17) is 5.14 Å². The SMILES string of the molecule is CCn1c(SCn2nnc3ccccc3c2=O)nc2cc(S(N)(=O)=O)ccc21. The largest absolute Gasteiger partial charge is 0.319 e. The summed E-state index contributed by atoms with van der Waals surface area (Å²) >= 11 is 1.32. The van der Waals surface area contributed by atoms with E-state index in [9.17, 15) is 13.2 Å². The van der Waals surface area contributed by atoms with Gasteiger partial charge in [-0.2, -0.15) is 4.68 Å². The summed E-state index contributed by atoms with van der Waals surface area (Å²) in [7, 11) is -3.81. The van der Waals surface area contributed by atoms with Crippen LogP contribution in [0.1, 0.15) is 6.92 Å². The van der Waals surface area contributed by atoms with E-state index in [2.05, 4.69) is 15.3 Å². The van der Waals surface area contributed by atoms with Crippen molar-refractivity contribution in [2.75, 3.05) is 0 Å². The van der Waals surface area contributed by atoms with Crippen molar-refractivity contribution < 1.29 is 8.42 Å². The Labute approximate surface area is 164 Å². The van der Waals surface area contributed by atoms with Gasteiger partial charge in [-0.25, -0.2) is 18.5 Å². The quantitative estimate of drug-likeness (QED) is 0.489. The smallest absolute Gasteiger partial charge is 0.278 e. The predicted octanol–water partition coefficient (Wildman–Crippen LogP) is 1.56. The van der Waals surface area contributed by atoms with Crippen LogP contribution in [0.2, 0.25) is 0 Å². The average molecular weight is 416 g/mol. The standard InChI is InChI=1S/C17H16N6O3S2/c1-2-22-15-8-7-11(28(18,25)26)9-14(15)19-17(22)27-10-23-16(24)12-5-3-4-6-13(12)20-21-23/h3-9H,2,10H2,1H3,(H2,18,25,26). The van der Waals surface area contributed by atoms with Gasteiger partial charge in [0.25, 0.3) is 5.56 Å². The Morgan fingerprint density at radius 2 is 1.93 bits per heavy atom. The van der Waals surface area contributed by atoms with Crippen molar-refractivity contribution in [3.8, 4) is 0 Å². The number of fused-ring (bicyclic) bond motifs is 2. The first-order chi connectivity index (χ1) is 13.4. The molecule has 2 aromatic carbocycles. The molecule has 0 fully saturated rings. The minimum Gasteiger partial charge on any atom is -0.319 e. The maximum atomic E-state index is 12.6. The molecule has 4 aromatic rings. The summed E-state index contributed by atoms with van der Waals surface area (Å²) in [5, 5.41) is 14.4. The van der Waals surface area contributed by atoms with Crippen molar-refractivity contribution >= 4 is 43.7 Å². The van der Waals surface area contributed by atoms with Gasteiger partial charge in [-0.3, -0.25) is 4.79 Å². The molecule has 9 nitrogen and oxygen atoms in total. The third kappa shape index (κ3) is 3.28. The number of imidazole rings is 1. The Kier molecular flexibility index (Phi) is 4.65. The summed E-state index contributed by atoms with van der Waals surface area (Å²) in [6.45, 7) is 2.59. The zero-order chi connectivity index (χ0) is 19.9. The Morgan fingerprint density at radius 1 is 1.14 bits per heavy atom. The highest BCUT2D eigenvalue weighted by Crippen LogP contribution is 2.26. The van der Waals surface area contributed by atoms with Crippen LogP contribution in [0.3, 0.4) is 0 Å². The van der Waals surface area contributed by atoms with Crippen LogP contribution in [-0.4, -0.2) is 33.0 Å². The van der Waals surface area contributed by atoms with Crippen LogP contribution in [0, 0.1) is 0 Å². The molecule has 0 saturated heterocycles. The van der Waals surface area contributed by atoms with Gasteiger partial charge in [0.1, 0.15) is 5.52 Å². The predicted molar refractivity (Wildman–Crippen MR) is 106 cm³/mol. The number of hydrogen-bond acceptors (Lipinski definition) is 7. The fraction of sp³-hybridized carbons (Fsp3) is 0.176. The second-order valence-electron chi connectivity index (χ2n) is 6.02. The van der Waals surface area contributed by atoms with Gasteiger partial charge in [-0.05, 0) is 37.3 Å². The molecule has 0 amide bonds. The van der Waals surface area contributed by atoms with Gasteiger partial charge in [-0.1, -0.05) is 29.1 Å². The molecule has 4 rings (SSSR count). The molecule has 0 aliphatic rings. The first-order valence-corrected chi connectivity index (χ1v) is 10.9. The molecule has 2 N–H and O–H groups in total. The minimum atomic E-state index is -3.81. The molecular weight excluding hydrogens is 400 g/mol. The summed E-state index contributed by atoms with van der Waals surface area (Å²) in [4.78, 5) is 17.1. The van der Waals surface area contributed by atoms with E-state index in [1.54, 1.807) is 30.3 Å². The summed E-state index contributed by atoms with van der Waals surface area (Å²) in [5.41, 5.74) is 1.63. The van der Waals surface area contributed by atoms with Crippen molar-refractivity contribution in [3.63, 3.8) is 0 Å². The lowest BCUT2D eigenvalue weighted by molar-refractivity contribution is 0.598. The van der Waals surface area contributed by atoms with Crippen LogP contribution in [0.5, 0.6) is 0 Å². The fourth-order valence-corrected chi connectivity index (χ4v) is 4.39. The van der Waals surface area contributed by atoms with E-state index < -0.39 is 10.0 Å². The maximum absolute atomic E-state index is 12.6. The van der Waals surface area contributed by atoms with Gasteiger partial charge in [0.05, 0.1) is 27.2 Å². The monoisotopic (exact) mass is 416 g/mol. The molecule has 0 aliphatic heterocycles. The van der Waals surface area contributed by atoms with Crippen molar-refractivity contribution in [1.82, 2.24) is 24.5 Å². The topological polar surface area (TPSA) is 126 Å². The lowest BCUT2D eigenvalue weighted by Crippen LogP contribution is -2.23. The van der Waals surface area contributed by atoms with Gasteiger partial charge in [0, 0.05) is 6.54 Å². The van der Waals surface area contributed by atoms with Crippen molar-refractivity contribution in [2.24, 2.45) is 5.14 Å². The summed E-state index contributed by atoms with van der Waals surface area (Å²) in [6, 6.07) is 11.6. The molecule has 0 atom stereocenters. The van der Waals surface area contributed by atoms with Crippen molar-refractivity contribution in [2.45, 2.75) is 29.4 Å². The van der Waals surface area contributed by atoms with E-state index in [0.717, 1.165) is 5.52 Å². The number of sulfonamides is 1. The first-order valence-electron chi connectivity index (χ1n) is 8.37. The highest BCUT2D eigenvalue weighted by molar-refractivity contribution is 7.98. The van der Waals surface area contributed by atoms with E-state index in [-0.39, 0.29) is 16.3 Å². The number of aromatic nitrogens is 5. The average Bonchev–Trinajstić information content (AvgIpc) is 3.03. The fourth-order valence-electron chi connectivity index (χ4n) is 2.91. The Hall–Kier alpha value is -2.76. The van der Waals surface area contributed by atoms with Gasteiger partial charge in [-0.15, -0.1) is 5.10 Å². The number of benzene rings is 2. The van der Waals surface area contributed by atoms with Crippen LogP contribution in [0.25, 0.3) is 21.9 Å². The molecule has 0 unspecified atom stereocenters. The molecule has 2 aromatic heterocycles. The Bertz CT molecular complexity index is 1360. The van der Waals surface area contributed by atoms with Crippen LogP contribution in [0.15, 0.2) is 57.3 Å². The lowest BCUT2D eigenvalue weighted by atomic mass is 10.2. The first kappa shape index (κ1) is 18.6. The van der Waals surface area contributed by atoms with E-state index in [1.165, 1.54) is 28.6 Å². The number of hydrogen-bond donors (Lipinski definition) is 1. The molecular formula is C17H16N6O3S2. The van der Waals surface area contributed by atoms with E-state index in [0.29, 0.717) is 28.1 Å². The molecule has 0 radical (unpaired) electrons. The summed E-state index contributed by atoms with van der Waals surface area (Å²) in [6.07, 6.45) is 0. The van der Waals surface area contributed by atoms with Crippen molar-refractivity contribution in [1.29, 1.82) is 0 Å². The molecule has 0 aliphatic carbocycles. The minimum absolute atomic E-state index is 0.00826. The highest BCUT2D eigenvalue weighted by Gasteiger charge is 2.15. The number of rotatable bonds is 5. The third-order valence-corrected chi connectivity index (χ3v) is 6.13. The van der Waals surface area contributed by atoms with Gasteiger partial charge in [0.2, 0.25) is 10.0 Å². The second kappa shape index (κ2) is 7.00. The molecule has 0 saturated carbocycles. The number of nitrogens with zero attached hydrogens (tertiary/aromatic N) is 5. The number of primary sulfonamides is 1. The van der Waals surface area contributed by atoms with Crippen LogP contribution in [0.4, 0.5) is 0 Å². The number of nitrogens with two attached hydrogens (primary N) is 1. The van der Waals surface area contributed by atoms with Crippen molar-refractivity contribution in [3.05, 3.63) is 52.8 Å². The molecule has 144 valence electrons. The number of aryl methyl sites for hydroxylation is 1. The molecule has 2 heterocycles. The maximum Gasteiger partial charge on any atom is 0.278 e. The van der Waals surface area contributed by atoms with Gasteiger partial charge < -0.3 is 4.57 Å². The lowest BCUT2D eigenvalue weighted by Gasteiger charge is -2.07. The van der Waals surface area contributed by atoms with E-state index >= 15 is 0 Å². The molecule has 0 bridgehead atoms. The Balaban J connectivity index is 1.70. The van der Waals surface area contributed by atoms with Crippen LogP contribution in [-0.2, 0) is 22.4 Å². The van der Waals surface area contributed by atoms with E-state index in [1.807, 2.05) is 11.5 Å². The summed E-state index contributed by atoms with van der Waals surface area (Å²) < 4.78 is 26.4. The molecule has 0 spiro atoms. The zero-order valence-electron chi connectivity index (χ0n) is 14.8. The molecule has 28 heavy (non-hydrogen) atoms. The third-order valence-electron chi connectivity index (χ3n) is 4.27. The van der Waals surface area contributed by atoms with Crippen LogP contribution >= 0.6 is 11.8 Å². The highest BCUT2D eigenvalue weighted by atomic mass is 32.2. The Morgan fingerprint density at radius 3 is 2.68 bits per heavy atom. The summed E-state index contributed by atoms with van der Waals surface area (Å²) in [5.74, 6) is 0.224. The van der Waals surface area contributed by atoms with Gasteiger partial charge >= 0.3 is 0 Å². The normalized spacial score (nSPS) is 12.1. The number of thioether (sulfide) groups is 1. The van der Waals surface area contributed by atoms with Gasteiger partial charge in [0.15, 0.2) is 5.16 Å². The molecule has 11 heteroatoms. The van der Waals surface area contributed by atoms with Crippen LogP contribution < -0.4 is 10.7 Å².